The monoisotopic (exact) mass is 206 g/mol. The molecule has 0 saturated heterocycles. The van der Waals surface area contributed by atoms with E-state index in [4.69, 9.17) is 5.26 Å². The van der Waals surface area contributed by atoms with Gasteiger partial charge in [0.15, 0.2) is 0 Å². The largest absolute Gasteiger partial charge is 0.348 e. The first-order valence-corrected chi connectivity index (χ1v) is 4.57. The minimum Gasteiger partial charge on any atom is -0.348 e. The van der Waals surface area contributed by atoms with Crippen LogP contribution in [0.2, 0.25) is 0 Å². The summed E-state index contributed by atoms with van der Waals surface area (Å²) in [6.45, 7) is 1.70. The maximum atomic E-state index is 13.2. The summed E-state index contributed by atoms with van der Waals surface area (Å²) in [5.41, 5.74) is 0.00212. The Morgan fingerprint density at radius 3 is 2.87 bits per heavy atom. The van der Waals surface area contributed by atoms with Crippen LogP contribution >= 0.6 is 0 Å². The molecule has 1 amide bonds. The normalized spacial score (nSPS) is 11.5. The van der Waals surface area contributed by atoms with Gasteiger partial charge in [0.05, 0.1) is 18.1 Å². The van der Waals surface area contributed by atoms with Gasteiger partial charge in [0.2, 0.25) is 0 Å². The molecular formula is C11H11FN2O. The number of nitrogens with one attached hydrogen (secondary N) is 1. The fourth-order valence-electron chi connectivity index (χ4n) is 1.13. The lowest BCUT2D eigenvalue weighted by molar-refractivity contribution is 0.0937. The molecule has 0 saturated carbocycles. The molecule has 1 aromatic rings. The summed E-state index contributed by atoms with van der Waals surface area (Å²) in [6.07, 6.45) is 0.209. The first-order chi connectivity index (χ1) is 7.15. The molecule has 0 aromatic heterocycles. The molecule has 0 spiro atoms. The van der Waals surface area contributed by atoms with Crippen LogP contribution in [0.5, 0.6) is 0 Å². The Hall–Kier alpha value is -1.89. The van der Waals surface area contributed by atoms with Gasteiger partial charge < -0.3 is 5.32 Å². The summed E-state index contributed by atoms with van der Waals surface area (Å²) >= 11 is 0. The van der Waals surface area contributed by atoms with Crippen LogP contribution < -0.4 is 5.32 Å². The number of rotatable bonds is 3. The summed E-state index contributed by atoms with van der Waals surface area (Å²) < 4.78 is 13.2. The second-order valence-electron chi connectivity index (χ2n) is 3.22. The fraction of sp³-hybridized carbons (Fsp3) is 0.273. The van der Waals surface area contributed by atoms with Gasteiger partial charge >= 0.3 is 0 Å². The van der Waals surface area contributed by atoms with E-state index < -0.39 is 11.7 Å². The maximum absolute atomic E-state index is 13.2. The third-order valence-corrected chi connectivity index (χ3v) is 1.89. The molecule has 0 radical (unpaired) electrons. The van der Waals surface area contributed by atoms with Crippen molar-refractivity contribution in [3.63, 3.8) is 0 Å². The highest BCUT2D eigenvalue weighted by atomic mass is 19.1. The number of carbonyl (C=O) groups is 1. The molecule has 0 aliphatic rings. The molecule has 1 unspecified atom stereocenters. The average molecular weight is 206 g/mol. The maximum Gasteiger partial charge on any atom is 0.254 e. The molecule has 1 N–H and O–H groups in total. The molecule has 1 rings (SSSR count). The molecule has 1 aromatic carbocycles. The Kier molecular flexibility index (Phi) is 3.81. The zero-order valence-corrected chi connectivity index (χ0v) is 8.33. The molecule has 0 fully saturated rings. The van der Waals surface area contributed by atoms with Gasteiger partial charge in [-0.1, -0.05) is 12.1 Å². The first kappa shape index (κ1) is 11.2. The predicted molar refractivity (Wildman–Crippen MR) is 53.6 cm³/mol. The van der Waals surface area contributed by atoms with E-state index in [1.807, 2.05) is 6.07 Å². The van der Waals surface area contributed by atoms with Gasteiger partial charge in [-0.3, -0.25) is 4.79 Å². The van der Waals surface area contributed by atoms with Crippen LogP contribution in [0.25, 0.3) is 0 Å². The number of carbonyl (C=O) groups excluding carboxylic acids is 1. The van der Waals surface area contributed by atoms with Crippen LogP contribution in [0.15, 0.2) is 24.3 Å². The summed E-state index contributed by atoms with van der Waals surface area (Å²) in [5.74, 6) is -1.05. The molecule has 15 heavy (non-hydrogen) atoms. The molecule has 4 heteroatoms. The summed E-state index contributed by atoms with van der Waals surface area (Å²) in [7, 11) is 0. The van der Waals surface area contributed by atoms with E-state index in [1.165, 1.54) is 18.2 Å². The second kappa shape index (κ2) is 5.11. The van der Waals surface area contributed by atoms with Gasteiger partial charge in [-0.2, -0.15) is 5.26 Å². The lowest BCUT2D eigenvalue weighted by Crippen LogP contribution is -2.32. The van der Waals surface area contributed by atoms with Crippen molar-refractivity contribution >= 4 is 5.91 Å². The van der Waals surface area contributed by atoms with Crippen LogP contribution in [0.3, 0.4) is 0 Å². The van der Waals surface area contributed by atoms with E-state index in [1.54, 1.807) is 13.0 Å². The van der Waals surface area contributed by atoms with Gasteiger partial charge in [0.25, 0.3) is 5.91 Å². The van der Waals surface area contributed by atoms with E-state index in [0.717, 1.165) is 0 Å². The SMILES string of the molecule is CC(CC#N)NC(=O)c1ccccc1F. The predicted octanol–water partition coefficient (Wildman–Crippen LogP) is 1.86. The van der Waals surface area contributed by atoms with E-state index in [-0.39, 0.29) is 18.0 Å². The van der Waals surface area contributed by atoms with Crippen molar-refractivity contribution in [1.29, 1.82) is 5.26 Å². The highest BCUT2D eigenvalue weighted by molar-refractivity contribution is 5.94. The third kappa shape index (κ3) is 3.06. The average Bonchev–Trinajstić information content (AvgIpc) is 2.18. The van der Waals surface area contributed by atoms with Crippen molar-refractivity contribution in [3.8, 4) is 6.07 Å². The molecule has 0 bridgehead atoms. The first-order valence-electron chi connectivity index (χ1n) is 4.57. The van der Waals surface area contributed by atoms with Gasteiger partial charge in [0, 0.05) is 6.04 Å². The Bertz CT molecular complexity index is 398. The van der Waals surface area contributed by atoms with Crippen molar-refractivity contribution in [2.75, 3.05) is 0 Å². The van der Waals surface area contributed by atoms with Crippen molar-refractivity contribution in [2.45, 2.75) is 19.4 Å². The van der Waals surface area contributed by atoms with Crippen LogP contribution in [0.4, 0.5) is 4.39 Å². The standard InChI is InChI=1S/C11H11FN2O/c1-8(6-7-13)14-11(15)9-4-2-3-5-10(9)12/h2-5,8H,6H2,1H3,(H,14,15). The number of benzene rings is 1. The van der Waals surface area contributed by atoms with E-state index in [2.05, 4.69) is 5.32 Å². The van der Waals surface area contributed by atoms with Crippen LogP contribution in [-0.2, 0) is 0 Å². The van der Waals surface area contributed by atoms with Gasteiger partial charge in [-0.05, 0) is 19.1 Å². The molecule has 3 nitrogen and oxygen atoms in total. The number of nitriles is 1. The minimum atomic E-state index is -0.556. The molecular weight excluding hydrogens is 195 g/mol. The fourth-order valence-corrected chi connectivity index (χ4v) is 1.13. The zero-order valence-electron chi connectivity index (χ0n) is 8.33. The van der Waals surface area contributed by atoms with E-state index in [0.29, 0.717) is 0 Å². The van der Waals surface area contributed by atoms with E-state index in [9.17, 15) is 9.18 Å². The summed E-state index contributed by atoms with van der Waals surface area (Å²) in [4.78, 5) is 11.5. The molecule has 0 heterocycles. The smallest absolute Gasteiger partial charge is 0.254 e. The number of nitrogens with zero attached hydrogens (tertiary/aromatic N) is 1. The quantitative estimate of drug-likeness (QED) is 0.820. The highest BCUT2D eigenvalue weighted by Crippen LogP contribution is 2.06. The lowest BCUT2D eigenvalue weighted by atomic mass is 10.1. The molecule has 78 valence electrons. The number of halogens is 1. The van der Waals surface area contributed by atoms with Crippen molar-refractivity contribution < 1.29 is 9.18 Å². The number of amides is 1. The molecule has 0 aliphatic carbocycles. The van der Waals surface area contributed by atoms with Gasteiger partial charge in [0.1, 0.15) is 5.82 Å². The highest BCUT2D eigenvalue weighted by Gasteiger charge is 2.12. The zero-order chi connectivity index (χ0) is 11.3. The third-order valence-electron chi connectivity index (χ3n) is 1.89. The summed E-state index contributed by atoms with van der Waals surface area (Å²) in [6, 6.07) is 7.40. The van der Waals surface area contributed by atoms with Crippen LogP contribution in [-0.4, -0.2) is 11.9 Å². The number of hydrogen-bond acceptors (Lipinski definition) is 2. The lowest BCUT2D eigenvalue weighted by Gasteiger charge is -2.10. The molecule has 1 atom stereocenters. The Morgan fingerprint density at radius 1 is 1.60 bits per heavy atom. The topological polar surface area (TPSA) is 52.9 Å². The Labute approximate surface area is 87.5 Å². The van der Waals surface area contributed by atoms with Crippen molar-refractivity contribution in [3.05, 3.63) is 35.6 Å². The van der Waals surface area contributed by atoms with Crippen LogP contribution in [0.1, 0.15) is 23.7 Å². The van der Waals surface area contributed by atoms with E-state index >= 15 is 0 Å². The Balaban J connectivity index is 2.70. The van der Waals surface area contributed by atoms with Crippen molar-refractivity contribution in [2.24, 2.45) is 0 Å². The summed E-state index contributed by atoms with van der Waals surface area (Å²) in [5, 5.41) is 10.9. The van der Waals surface area contributed by atoms with Crippen molar-refractivity contribution in [1.82, 2.24) is 5.32 Å². The van der Waals surface area contributed by atoms with Gasteiger partial charge in [-0.25, -0.2) is 4.39 Å². The Morgan fingerprint density at radius 2 is 2.27 bits per heavy atom. The second-order valence-corrected chi connectivity index (χ2v) is 3.22. The van der Waals surface area contributed by atoms with Gasteiger partial charge in [-0.15, -0.1) is 0 Å². The number of hydrogen-bond donors (Lipinski definition) is 1. The minimum absolute atomic E-state index is 0.00212. The molecule has 0 aliphatic heterocycles. The van der Waals surface area contributed by atoms with Crippen LogP contribution in [0, 0.1) is 17.1 Å².